The fraction of sp³-hybridized carbons (Fsp3) is 0.722. The van der Waals surface area contributed by atoms with Crippen LogP contribution in [0.15, 0.2) is 11.6 Å². The van der Waals surface area contributed by atoms with Crippen LogP contribution in [-0.2, 0) is 14.3 Å². The van der Waals surface area contributed by atoms with Gasteiger partial charge in [-0.2, -0.15) is 4.79 Å². The first-order valence-electron chi connectivity index (χ1n) is 8.50. The minimum Gasteiger partial charge on any atom is -0.457 e. The largest absolute Gasteiger partial charge is 0.457 e. The molecule has 0 aromatic rings. The SMILES string of the molecule is CCOC(=O)C(=[N+]=[N-])C1=CC(C(C)(C)C)N(C(=O)OC(C)(C)C)CC1. The van der Waals surface area contributed by atoms with Crippen molar-refractivity contribution in [3.05, 3.63) is 17.2 Å². The van der Waals surface area contributed by atoms with Crippen LogP contribution in [0, 0.1) is 5.41 Å². The van der Waals surface area contributed by atoms with E-state index in [9.17, 15) is 15.1 Å². The van der Waals surface area contributed by atoms with Gasteiger partial charge in [0.15, 0.2) is 0 Å². The van der Waals surface area contributed by atoms with Gasteiger partial charge in [-0.25, -0.2) is 9.59 Å². The van der Waals surface area contributed by atoms with Crippen molar-refractivity contribution in [1.29, 1.82) is 0 Å². The average molecular weight is 351 g/mol. The Balaban J connectivity index is 3.18. The first kappa shape index (κ1) is 20.9. The van der Waals surface area contributed by atoms with Crippen LogP contribution in [0.3, 0.4) is 0 Å². The summed E-state index contributed by atoms with van der Waals surface area (Å²) >= 11 is 0. The molecular formula is C18H29N3O4. The second-order valence-corrected chi connectivity index (χ2v) is 8.10. The van der Waals surface area contributed by atoms with Crippen molar-refractivity contribution in [3.8, 4) is 0 Å². The molecule has 1 amide bonds. The van der Waals surface area contributed by atoms with E-state index in [1.165, 1.54) is 0 Å². The number of hydrogen-bond donors (Lipinski definition) is 0. The third-order valence-electron chi connectivity index (χ3n) is 3.71. The zero-order valence-corrected chi connectivity index (χ0v) is 16.3. The number of esters is 1. The van der Waals surface area contributed by atoms with Crippen LogP contribution in [-0.4, -0.2) is 52.3 Å². The second-order valence-electron chi connectivity index (χ2n) is 8.10. The van der Waals surface area contributed by atoms with Crippen LogP contribution in [0.4, 0.5) is 4.79 Å². The standard InChI is InChI=1S/C18H29N3O4/c1-8-24-15(22)14(20-19)12-9-10-21(13(11-12)17(2,3)4)16(23)25-18(5,6)7/h11,13H,8-10H2,1-7H3. The molecule has 1 heterocycles. The molecule has 0 aliphatic carbocycles. The first-order valence-corrected chi connectivity index (χ1v) is 8.50. The summed E-state index contributed by atoms with van der Waals surface area (Å²) in [6, 6.07) is -0.308. The van der Waals surface area contributed by atoms with E-state index < -0.39 is 17.7 Å². The van der Waals surface area contributed by atoms with Gasteiger partial charge >= 0.3 is 17.8 Å². The van der Waals surface area contributed by atoms with E-state index >= 15 is 0 Å². The van der Waals surface area contributed by atoms with Gasteiger partial charge in [0.2, 0.25) is 0 Å². The molecule has 0 aromatic heterocycles. The molecule has 1 aliphatic heterocycles. The van der Waals surface area contributed by atoms with Gasteiger partial charge in [0.1, 0.15) is 5.60 Å². The monoisotopic (exact) mass is 351 g/mol. The van der Waals surface area contributed by atoms with Crippen LogP contribution < -0.4 is 0 Å². The molecule has 0 fully saturated rings. The summed E-state index contributed by atoms with van der Waals surface area (Å²) in [5.41, 5.74) is 8.81. The van der Waals surface area contributed by atoms with Gasteiger partial charge < -0.3 is 19.9 Å². The molecule has 25 heavy (non-hydrogen) atoms. The molecule has 0 radical (unpaired) electrons. The fourth-order valence-corrected chi connectivity index (χ4v) is 2.62. The van der Waals surface area contributed by atoms with Crippen molar-refractivity contribution in [2.24, 2.45) is 5.41 Å². The lowest BCUT2D eigenvalue weighted by Gasteiger charge is -2.41. The molecule has 7 nitrogen and oxygen atoms in total. The Morgan fingerprint density at radius 3 is 2.32 bits per heavy atom. The summed E-state index contributed by atoms with van der Waals surface area (Å²) in [6.07, 6.45) is 1.77. The number of carbonyl (C=O) groups excluding carboxylic acids is 2. The highest BCUT2D eigenvalue weighted by atomic mass is 16.6. The highest BCUT2D eigenvalue weighted by Gasteiger charge is 2.40. The van der Waals surface area contributed by atoms with E-state index in [4.69, 9.17) is 9.47 Å². The third-order valence-corrected chi connectivity index (χ3v) is 3.71. The quantitative estimate of drug-likeness (QED) is 0.338. The minimum atomic E-state index is -0.672. The van der Waals surface area contributed by atoms with Gasteiger partial charge in [-0.05, 0) is 45.6 Å². The van der Waals surface area contributed by atoms with Crippen molar-refractivity contribution < 1.29 is 23.9 Å². The summed E-state index contributed by atoms with van der Waals surface area (Å²) in [5.74, 6) is -0.672. The maximum Gasteiger partial charge on any atom is 0.421 e. The molecule has 0 saturated heterocycles. The normalized spacial score (nSPS) is 18.1. The second kappa shape index (κ2) is 7.83. The van der Waals surface area contributed by atoms with Gasteiger partial charge in [-0.15, -0.1) is 0 Å². The number of carbonyl (C=O) groups is 2. The number of hydrogen-bond acceptors (Lipinski definition) is 4. The Kier molecular flexibility index (Phi) is 6.54. The summed E-state index contributed by atoms with van der Waals surface area (Å²) in [4.78, 5) is 29.3. The van der Waals surface area contributed by atoms with Crippen molar-refractivity contribution in [3.63, 3.8) is 0 Å². The Morgan fingerprint density at radius 1 is 1.28 bits per heavy atom. The third kappa shape index (κ3) is 5.71. The molecule has 1 unspecified atom stereocenters. The summed E-state index contributed by atoms with van der Waals surface area (Å²) in [7, 11) is 0. The minimum absolute atomic E-state index is 0.111. The highest BCUT2D eigenvalue weighted by Crippen LogP contribution is 2.32. The van der Waals surface area contributed by atoms with E-state index in [0.717, 1.165) is 0 Å². The number of rotatable bonds is 3. The zero-order chi connectivity index (χ0) is 19.4. The van der Waals surface area contributed by atoms with Gasteiger partial charge in [-0.1, -0.05) is 20.8 Å². The predicted molar refractivity (Wildman–Crippen MR) is 94.1 cm³/mol. The number of ether oxygens (including phenoxy) is 2. The van der Waals surface area contributed by atoms with E-state index in [1.807, 2.05) is 41.5 Å². The smallest absolute Gasteiger partial charge is 0.421 e. The molecule has 0 aromatic carbocycles. The average Bonchev–Trinajstić information content (AvgIpc) is 2.45. The number of nitrogens with zero attached hydrogens (tertiary/aromatic N) is 3. The number of amides is 1. The van der Waals surface area contributed by atoms with Crippen LogP contribution >= 0.6 is 0 Å². The molecule has 1 aliphatic rings. The van der Waals surface area contributed by atoms with E-state index in [2.05, 4.69) is 4.79 Å². The Morgan fingerprint density at radius 2 is 1.88 bits per heavy atom. The molecule has 0 spiro atoms. The predicted octanol–water partition coefficient (Wildman–Crippen LogP) is 3.20. The molecular weight excluding hydrogens is 322 g/mol. The molecule has 140 valence electrons. The molecule has 0 bridgehead atoms. The van der Waals surface area contributed by atoms with E-state index in [0.29, 0.717) is 18.5 Å². The lowest BCUT2D eigenvalue weighted by Crippen LogP contribution is -2.51. The maximum atomic E-state index is 12.6. The summed E-state index contributed by atoms with van der Waals surface area (Å²) in [6.45, 7) is 13.7. The van der Waals surface area contributed by atoms with Crippen LogP contribution in [0.25, 0.3) is 5.53 Å². The van der Waals surface area contributed by atoms with Crippen LogP contribution in [0.1, 0.15) is 54.9 Å². The highest BCUT2D eigenvalue weighted by molar-refractivity contribution is 6.40. The Labute approximate surface area is 149 Å². The zero-order valence-electron chi connectivity index (χ0n) is 16.3. The van der Waals surface area contributed by atoms with Gasteiger partial charge in [-0.3, -0.25) is 0 Å². The van der Waals surface area contributed by atoms with Crippen LogP contribution in [0.2, 0.25) is 0 Å². The Hall–Kier alpha value is -2.14. The van der Waals surface area contributed by atoms with Crippen molar-refractivity contribution in [1.82, 2.24) is 4.90 Å². The van der Waals surface area contributed by atoms with Crippen molar-refractivity contribution in [2.45, 2.75) is 66.5 Å². The van der Waals surface area contributed by atoms with Crippen LogP contribution in [0.5, 0.6) is 0 Å². The topological polar surface area (TPSA) is 92.2 Å². The molecule has 0 saturated carbocycles. The van der Waals surface area contributed by atoms with Gasteiger partial charge in [0, 0.05) is 12.1 Å². The summed E-state index contributed by atoms with van der Waals surface area (Å²) < 4.78 is 10.4. The molecule has 1 rings (SSSR count). The lowest BCUT2D eigenvalue weighted by molar-refractivity contribution is -0.139. The summed E-state index contributed by atoms with van der Waals surface area (Å²) in [5, 5.41) is 0. The maximum absolute atomic E-state index is 12.6. The van der Waals surface area contributed by atoms with Crippen molar-refractivity contribution in [2.75, 3.05) is 13.2 Å². The van der Waals surface area contributed by atoms with E-state index in [1.54, 1.807) is 17.9 Å². The van der Waals surface area contributed by atoms with Gasteiger partial charge in [0.25, 0.3) is 0 Å². The lowest BCUT2D eigenvalue weighted by atomic mass is 9.81. The first-order chi connectivity index (χ1) is 11.4. The van der Waals surface area contributed by atoms with E-state index in [-0.39, 0.29) is 23.8 Å². The molecule has 0 N–H and O–H groups in total. The van der Waals surface area contributed by atoms with Crippen molar-refractivity contribution >= 4 is 17.8 Å². The molecule has 7 heteroatoms. The van der Waals surface area contributed by atoms with Gasteiger partial charge in [0.05, 0.1) is 12.6 Å². The molecule has 1 atom stereocenters. The Bertz CT molecular complexity index is 605. The fourth-order valence-electron chi connectivity index (χ4n) is 2.62.